The van der Waals surface area contributed by atoms with Gasteiger partial charge in [0.2, 0.25) is 5.91 Å². The van der Waals surface area contributed by atoms with Crippen molar-refractivity contribution in [3.05, 3.63) is 30.1 Å². The third-order valence-corrected chi connectivity index (χ3v) is 2.61. The number of nitrogens with one attached hydrogen (secondary N) is 1. The van der Waals surface area contributed by atoms with E-state index in [2.05, 4.69) is 30.2 Å². The van der Waals surface area contributed by atoms with Crippen LogP contribution >= 0.6 is 0 Å². The summed E-state index contributed by atoms with van der Waals surface area (Å²) in [5.41, 5.74) is 1.01. The molecule has 1 unspecified atom stereocenters. The maximum absolute atomic E-state index is 11.7. The van der Waals surface area contributed by atoms with Gasteiger partial charge in [-0.1, -0.05) is 13.8 Å². The summed E-state index contributed by atoms with van der Waals surface area (Å²) >= 11 is 0. The van der Waals surface area contributed by atoms with Crippen molar-refractivity contribution in [1.82, 2.24) is 10.3 Å². The van der Waals surface area contributed by atoms with E-state index >= 15 is 0 Å². The number of hydrogen-bond acceptors (Lipinski definition) is 3. The van der Waals surface area contributed by atoms with E-state index in [0.717, 1.165) is 12.0 Å². The Kier molecular flexibility index (Phi) is 5.86. The van der Waals surface area contributed by atoms with Crippen molar-refractivity contribution < 1.29 is 4.79 Å². The van der Waals surface area contributed by atoms with Crippen LogP contribution in [0.3, 0.4) is 0 Å². The molecule has 4 heteroatoms. The van der Waals surface area contributed by atoms with Crippen LogP contribution < -0.4 is 5.32 Å². The lowest BCUT2D eigenvalue weighted by Crippen LogP contribution is -2.25. The highest BCUT2D eigenvalue weighted by molar-refractivity contribution is 5.76. The Bertz CT molecular complexity index is 409. The number of nitrogens with zero attached hydrogens (tertiary/aromatic N) is 2. The summed E-state index contributed by atoms with van der Waals surface area (Å²) in [5.74, 6) is 0.170. The van der Waals surface area contributed by atoms with Crippen LogP contribution in [0.15, 0.2) is 24.5 Å². The number of carbonyl (C=O) groups is 1. The zero-order chi connectivity index (χ0) is 13.4. The molecule has 0 bridgehead atoms. The third-order valence-electron chi connectivity index (χ3n) is 2.61. The van der Waals surface area contributed by atoms with Gasteiger partial charge in [0.1, 0.15) is 0 Å². The molecule has 0 radical (unpaired) electrons. The number of aromatic nitrogens is 1. The summed E-state index contributed by atoms with van der Waals surface area (Å²) in [5, 5.41) is 11.8. The van der Waals surface area contributed by atoms with Gasteiger partial charge in [-0.3, -0.25) is 9.78 Å². The van der Waals surface area contributed by atoms with E-state index in [1.54, 1.807) is 12.4 Å². The molecule has 0 aliphatic heterocycles. The average Bonchev–Trinajstić information content (AvgIpc) is 2.36. The highest BCUT2D eigenvalue weighted by Gasteiger charge is 2.14. The summed E-state index contributed by atoms with van der Waals surface area (Å²) in [7, 11) is 0. The minimum atomic E-state index is -0.192. The van der Waals surface area contributed by atoms with Crippen LogP contribution in [0.25, 0.3) is 0 Å². The number of hydrogen-bond donors (Lipinski definition) is 1. The molecule has 1 aromatic rings. The maximum atomic E-state index is 11.7. The van der Waals surface area contributed by atoms with Crippen LogP contribution in [0, 0.1) is 23.2 Å². The van der Waals surface area contributed by atoms with E-state index in [-0.39, 0.29) is 18.2 Å². The highest BCUT2D eigenvalue weighted by Crippen LogP contribution is 2.14. The molecule has 4 nitrogen and oxygen atoms in total. The number of pyridine rings is 1. The van der Waals surface area contributed by atoms with Gasteiger partial charge in [-0.2, -0.15) is 5.26 Å². The first-order valence-corrected chi connectivity index (χ1v) is 6.17. The molecule has 0 saturated carbocycles. The lowest BCUT2D eigenvalue weighted by atomic mass is 9.95. The smallest absolute Gasteiger partial charge is 0.221 e. The van der Waals surface area contributed by atoms with Gasteiger partial charge in [-0.05, 0) is 30.0 Å². The summed E-state index contributed by atoms with van der Waals surface area (Å²) in [6.45, 7) is 4.60. The van der Waals surface area contributed by atoms with Gasteiger partial charge in [-0.15, -0.1) is 0 Å². The predicted octanol–water partition coefficient (Wildman–Crippen LogP) is 2.27. The van der Waals surface area contributed by atoms with Crippen molar-refractivity contribution in [2.24, 2.45) is 11.8 Å². The summed E-state index contributed by atoms with van der Waals surface area (Å²) < 4.78 is 0. The second-order valence-corrected chi connectivity index (χ2v) is 4.79. The molecule has 0 aliphatic carbocycles. The quantitative estimate of drug-likeness (QED) is 0.836. The van der Waals surface area contributed by atoms with E-state index in [0.29, 0.717) is 12.5 Å². The minimum Gasteiger partial charge on any atom is -0.352 e. The van der Waals surface area contributed by atoms with Crippen LogP contribution in [0.2, 0.25) is 0 Å². The van der Waals surface area contributed by atoms with Gasteiger partial charge in [0, 0.05) is 25.4 Å². The number of carbonyl (C=O) groups excluding carboxylic acids is 1. The van der Waals surface area contributed by atoms with E-state index in [4.69, 9.17) is 5.26 Å². The molecule has 0 aromatic carbocycles. The number of rotatable bonds is 6. The van der Waals surface area contributed by atoms with Crippen LogP contribution in [0.4, 0.5) is 0 Å². The molecule has 18 heavy (non-hydrogen) atoms. The summed E-state index contributed by atoms with van der Waals surface area (Å²) in [6, 6.07) is 5.91. The molecular formula is C14H19N3O. The summed E-state index contributed by atoms with van der Waals surface area (Å²) in [6.07, 6.45) is 4.43. The molecule has 96 valence electrons. The Morgan fingerprint density at radius 1 is 1.44 bits per heavy atom. The molecule has 1 N–H and O–H groups in total. The van der Waals surface area contributed by atoms with Gasteiger partial charge < -0.3 is 5.32 Å². The lowest BCUT2D eigenvalue weighted by Gasteiger charge is -2.11. The monoisotopic (exact) mass is 245 g/mol. The Morgan fingerprint density at radius 3 is 2.67 bits per heavy atom. The second kappa shape index (κ2) is 7.44. The van der Waals surface area contributed by atoms with Crippen LogP contribution in [-0.2, 0) is 11.3 Å². The van der Waals surface area contributed by atoms with E-state index in [1.165, 1.54) is 0 Å². The number of amides is 1. The fourth-order valence-corrected chi connectivity index (χ4v) is 1.75. The van der Waals surface area contributed by atoms with E-state index < -0.39 is 0 Å². The van der Waals surface area contributed by atoms with Crippen molar-refractivity contribution in [2.45, 2.75) is 33.2 Å². The van der Waals surface area contributed by atoms with Crippen LogP contribution in [-0.4, -0.2) is 10.9 Å². The van der Waals surface area contributed by atoms with Crippen molar-refractivity contribution in [2.75, 3.05) is 0 Å². The fourth-order valence-electron chi connectivity index (χ4n) is 1.75. The SMILES string of the molecule is CC(C)CC(C#N)CC(=O)NCc1ccncc1. The molecule has 1 atom stereocenters. The van der Waals surface area contributed by atoms with Gasteiger partial charge >= 0.3 is 0 Å². The summed E-state index contributed by atoms with van der Waals surface area (Å²) in [4.78, 5) is 15.6. The Labute approximate surface area is 108 Å². The van der Waals surface area contributed by atoms with Gasteiger partial charge in [0.15, 0.2) is 0 Å². The van der Waals surface area contributed by atoms with Gasteiger partial charge in [0.25, 0.3) is 0 Å². The Morgan fingerprint density at radius 2 is 2.11 bits per heavy atom. The molecule has 1 aromatic heterocycles. The first-order chi connectivity index (χ1) is 8.61. The Balaban J connectivity index is 2.35. The van der Waals surface area contributed by atoms with Gasteiger partial charge in [-0.25, -0.2) is 0 Å². The molecule has 1 rings (SSSR count). The van der Waals surface area contributed by atoms with Crippen molar-refractivity contribution in [1.29, 1.82) is 5.26 Å². The molecule has 0 fully saturated rings. The van der Waals surface area contributed by atoms with Crippen molar-refractivity contribution in [3.63, 3.8) is 0 Å². The van der Waals surface area contributed by atoms with Gasteiger partial charge in [0.05, 0.1) is 12.0 Å². The van der Waals surface area contributed by atoms with Crippen molar-refractivity contribution >= 4 is 5.91 Å². The minimum absolute atomic E-state index is 0.0704. The molecule has 1 amide bonds. The standard InChI is InChI=1S/C14H19N3O/c1-11(2)7-13(9-15)8-14(18)17-10-12-3-5-16-6-4-12/h3-6,11,13H,7-8,10H2,1-2H3,(H,17,18). The molecule has 1 heterocycles. The fraction of sp³-hybridized carbons (Fsp3) is 0.500. The van der Waals surface area contributed by atoms with Crippen LogP contribution in [0.1, 0.15) is 32.3 Å². The molecular weight excluding hydrogens is 226 g/mol. The Hall–Kier alpha value is -1.89. The molecule has 0 saturated heterocycles. The normalized spacial score (nSPS) is 11.9. The van der Waals surface area contributed by atoms with Crippen molar-refractivity contribution in [3.8, 4) is 6.07 Å². The zero-order valence-corrected chi connectivity index (χ0v) is 10.9. The second-order valence-electron chi connectivity index (χ2n) is 4.79. The maximum Gasteiger partial charge on any atom is 0.221 e. The topological polar surface area (TPSA) is 65.8 Å². The largest absolute Gasteiger partial charge is 0.352 e. The lowest BCUT2D eigenvalue weighted by molar-refractivity contribution is -0.121. The third kappa shape index (κ3) is 5.44. The first-order valence-electron chi connectivity index (χ1n) is 6.17. The molecule has 0 aliphatic rings. The predicted molar refractivity (Wildman–Crippen MR) is 69.3 cm³/mol. The highest BCUT2D eigenvalue weighted by atomic mass is 16.1. The van der Waals surface area contributed by atoms with E-state index in [1.807, 2.05) is 12.1 Å². The van der Waals surface area contributed by atoms with Crippen LogP contribution in [0.5, 0.6) is 0 Å². The number of nitriles is 1. The average molecular weight is 245 g/mol. The first kappa shape index (κ1) is 14.2. The molecule has 0 spiro atoms. The zero-order valence-electron chi connectivity index (χ0n) is 10.9. The van der Waals surface area contributed by atoms with E-state index in [9.17, 15) is 4.79 Å².